The number of fused-ring (bicyclic) bond motifs is 3. The summed E-state index contributed by atoms with van der Waals surface area (Å²) >= 11 is 0. The number of anilines is 2. The average Bonchev–Trinajstić information content (AvgIpc) is 3.58. The van der Waals surface area contributed by atoms with Gasteiger partial charge in [0.1, 0.15) is 0 Å². The minimum Gasteiger partial charge on any atom is -0.326 e. The van der Waals surface area contributed by atoms with Crippen LogP contribution in [0.3, 0.4) is 0 Å². The van der Waals surface area contributed by atoms with E-state index in [1.807, 2.05) is 67.8 Å². The zero-order valence-electron chi connectivity index (χ0n) is 19.1. The smallest absolute Gasteiger partial charge is 0.227 e. The Morgan fingerprint density at radius 3 is 2.64 bits per heavy atom. The molecule has 1 aliphatic rings. The summed E-state index contributed by atoms with van der Waals surface area (Å²) < 4.78 is 1.88. The van der Waals surface area contributed by atoms with Gasteiger partial charge in [-0.25, -0.2) is 9.50 Å². The zero-order valence-corrected chi connectivity index (χ0v) is 19.1. The lowest BCUT2D eigenvalue weighted by molar-refractivity contribution is -0.117. The highest BCUT2D eigenvalue weighted by molar-refractivity contribution is 5.96. The highest BCUT2D eigenvalue weighted by Crippen LogP contribution is 2.31. The number of nitrogens with one attached hydrogen (secondary N) is 2. The highest BCUT2D eigenvalue weighted by atomic mass is 16.2. The Bertz CT molecular complexity index is 1400. The second kappa shape index (κ2) is 8.31. The van der Waals surface area contributed by atoms with Crippen LogP contribution in [-0.4, -0.2) is 26.4 Å². The van der Waals surface area contributed by atoms with Gasteiger partial charge >= 0.3 is 0 Å². The van der Waals surface area contributed by atoms with E-state index in [1.165, 1.54) is 0 Å². The van der Waals surface area contributed by atoms with E-state index in [2.05, 4.69) is 10.6 Å². The van der Waals surface area contributed by atoms with Crippen molar-refractivity contribution in [3.63, 3.8) is 0 Å². The van der Waals surface area contributed by atoms with Crippen molar-refractivity contribution in [2.45, 2.75) is 46.5 Å². The van der Waals surface area contributed by atoms with E-state index in [-0.39, 0.29) is 17.7 Å². The van der Waals surface area contributed by atoms with Crippen LogP contribution in [0.4, 0.5) is 11.4 Å². The Morgan fingerprint density at radius 2 is 1.85 bits per heavy atom. The largest absolute Gasteiger partial charge is 0.326 e. The lowest BCUT2D eigenvalue weighted by Crippen LogP contribution is -2.16. The number of benzene rings is 2. The molecular weight excluding hydrogens is 414 g/mol. The Kier molecular flexibility index (Phi) is 5.32. The maximum absolute atomic E-state index is 12.8. The van der Waals surface area contributed by atoms with Crippen molar-refractivity contribution in [3.8, 4) is 0 Å². The van der Waals surface area contributed by atoms with E-state index >= 15 is 0 Å². The summed E-state index contributed by atoms with van der Waals surface area (Å²) in [5, 5.41) is 11.7. The van der Waals surface area contributed by atoms with Crippen LogP contribution in [0.25, 0.3) is 16.6 Å². The van der Waals surface area contributed by atoms with E-state index in [0.717, 1.165) is 51.9 Å². The topological polar surface area (TPSA) is 88.4 Å². The number of amides is 2. The summed E-state index contributed by atoms with van der Waals surface area (Å²) in [7, 11) is 0. The molecule has 0 saturated heterocycles. The third-order valence-electron chi connectivity index (χ3n) is 6.35. The van der Waals surface area contributed by atoms with Crippen molar-refractivity contribution >= 4 is 39.7 Å². The number of carbonyl (C=O) groups excluding carboxylic acids is 2. The molecule has 1 fully saturated rings. The maximum Gasteiger partial charge on any atom is 0.227 e. The maximum atomic E-state index is 12.8. The molecule has 2 amide bonds. The molecule has 0 spiro atoms. The van der Waals surface area contributed by atoms with Gasteiger partial charge in [0.25, 0.3) is 0 Å². The number of hydrogen-bond acceptors (Lipinski definition) is 4. The van der Waals surface area contributed by atoms with Crippen LogP contribution in [0, 0.1) is 26.7 Å². The molecule has 2 aromatic carbocycles. The minimum absolute atomic E-state index is 0.0521. The van der Waals surface area contributed by atoms with Crippen LogP contribution in [0.1, 0.15) is 41.8 Å². The number of nitrogens with zero attached hydrogens (tertiary/aromatic N) is 3. The Labute approximate surface area is 192 Å². The molecule has 0 aliphatic heterocycles. The molecule has 4 aromatic rings. The van der Waals surface area contributed by atoms with Crippen LogP contribution in [0.5, 0.6) is 0 Å². The molecule has 168 valence electrons. The van der Waals surface area contributed by atoms with Gasteiger partial charge in [-0.2, -0.15) is 5.10 Å². The highest BCUT2D eigenvalue weighted by Gasteiger charge is 2.29. The van der Waals surface area contributed by atoms with Crippen LogP contribution < -0.4 is 10.6 Å². The summed E-state index contributed by atoms with van der Waals surface area (Å²) in [4.78, 5) is 29.6. The second-order valence-electron chi connectivity index (χ2n) is 8.86. The van der Waals surface area contributed by atoms with E-state index in [0.29, 0.717) is 24.2 Å². The van der Waals surface area contributed by atoms with Crippen LogP contribution in [0.15, 0.2) is 42.5 Å². The molecule has 2 heterocycles. The van der Waals surface area contributed by atoms with Crippen molar-refractivity contribution in [2.24, 2.45) is 5.92 Å². The van der Waals surface area contributed by atoms with Gasteiger partial charge in [-0.1, -0.05) is 18.2 Å². The fraction of sp³-hybridized carbons (Fsp3) is 0.308. The molecule has 0 radical (unpaired) electrons. The van der Waals surface area contributed by atoms with Crippen LogP contribution in [-0.2, 0) is 16.0 Å². The third kappa shape index (κ3) is 4.18. The first-order chi connectivity index (χ1) is 15.9. The van der Waals surface area contributed by atoms with E-state index in [1.54, 1.807) is 0 Å². The molecule has 1 saturated carbocycles. The zero-order chi connectivity index (χ0) is 23.1. The molecule has 0 bridgehead atoms. The van der Waals surface area contributed by atoms with Crippen molar-refractivity contribution in [3.05, 3.63) is 65.0 Å². The first kappa shape index (κ1) is 21.1. The predicted molar refractivity (Wildman–Crippen MR) is 129 cm³/mol. The number of aryl methyl sites for hydroxylation is 3. The monoisotopic (exact) mass is 441 g/mol. The van der Waals surface area contributed by atoms with Gasteiger partial charge in [-0.15, -0.1) is 0 Å². The molecule has 0 unspecified atom stereocenters. The lowest BCUT2D eigenvalue weighted by Gasteiger charge is -2.13. The van der Waals surface area contributed by atoms with Crippen molar-refractivity contribution in [2.75, 3.05) is 10.6 Å². The first-order valence-corrected chi connectivity index (χ1v) is 11.4. The summed E-state index contributed by atoms with van der Waals surface area (Å²) in [5.74, 6) is 0.110. The quantitative estimate of drug-likeness (QED) is 0.453. The summed E-state index contributed by atoms with van der Waals surface area (Å²) in [6.07, 6.45) is 2.80. The molecule has 7 nitrogen and oxygen atoms in total. The van der Waals surface area contributed by atoms with Gasteiger partial charge in [-0.05, 0) is 75.4 Å². The van der Waals surface area contributed by atoms with Gasteiger partial charge in [0, 0.05) is 40.5 Å². The number of aromatic nitrogens is 3. The van der Waals surface area contributed by atoms with E-state index in [4.69, 9.17) is 10.1 Å². The normalized spacial score (nSPS) is 13.4. The molecule has 1 aliphatic carbocycles. The average molecular weight is 442 g/mol. The van der Waals surface area contributed by atoms with E-state index < -0.39 is 0 Å². The SMILES string of the molecule is Cc1ccc(NC(=O)C2CC2)cc1NC(=O)CCc1c(C)nc2c3ccccc3nn2c1C. The predicted octanol–water partition coefficient (Wildman–Crippen LogP) is 4.73. The molecule has 7 heteroatoms. The number of carbonyl (C=O) groups is 2. The number of rotatable bonds is 6. The molecule has 2 aromatic heterocycles. The Balaban J connectivity index is 1.31. The summed E-state index contributed by atoms with van der Waals surface area (Å²) in [6.45, 7) is 5.95. The molecule has 33 heavy (non-hydrogen) atoms. The fourth-order valence-electron chi connectivity index (χ4n) is 4.21. The van der Waals surface area contributed by atoms with Crippen molar-refractivity contribution < 1.29 is 9.59 Å². The van der Waals surface area contributed by atoms with Gasteiger partial charge in [0.15, 0.2) is 5.65 Å². The lowest BCUT2D eigenvalue weighted by atomic mass is 10.1. The van der Waals surface area contributed by atoms with Crippen molar-refractivity contribution in [1.82, 2.24) is 14.6 Å². The second-order valence-corrected chi connectivity index (χ2v) is 8.86. The molecule has 2 N–H and O–H groups in total. The summed E-state index contributed by atoms with van der Waals surface area (Å²) in [6, 6.07) is 13.6. The first-order valence-electron chi connectivity index (χ1n) is 11.4. The standard InChI is InChI=1S/C26H27N5O2/c1-15-8-11-19(28-26(33)18-9-10-18)14-23(15)29-24(32)13-12-20-16(2)27-25-21-6-4-5-7-22(21)30-31(25)17(20)3/h4-8,11,14,18H,9-10,12-13H2,1-3H3,(H,28,33)(H,29,32). The fourth-order valence-corrected chi connectivity index (χ4v) is 4.21. The van der Waals surface area contributed by atoms with E-state index in [9.17, 15) is 9.59 Å². The van der Waals surface area contributed by atoms with Gasteiger partial charge in [0.05, 0.1) is 5.52 Å². The third-order valence-corrected chi connectivity index (χ3v) is 6.35. The van der Waals surface area contributed by atoms with Crippen LogP contribution >= 0.6 is 0 Å². The van der Waals surface area contributed by atoms with Gasteiger partial charge in [0.2, 0.25) is 11.8 Å². The minimum atomic E-state index is -0.0757. The van der Waals surface area contributed by atoms with Gasteiger partial charge in [-0.3, -0.25) is 9.59 Å². The molecule has 0 atom stereocenters. The van der Waals surface area contributed by atoms with Gasteiger partial charge < -0.3 is 10.6 Å². The van der Waals surface area contributed by atoms with Crippen molar-refractivity contribution in [1.29, 1.82) is 0 Å². The van der Waals surface area contributed by atoms with Crippen LogP contribution in [0.2, 0.25) is 0 Å². The number of hydrogen-bond donors (Lipinski definition) is 2. The Hall–Kier alpha value is -3.74. The molecule has 5 rings (SSSR count). The molecular formula is C26H27N5O2. The summed E-state index contributed by atoms with van der Waals surface area (Å²) in [5.41, 5.74) is 7.08. The Morgan fingerprint density at radius 1 is 1.06 bits per heavy atom.